The predicted octanol–water partition coefficient (Wildman–Crippen LogP) is 4.76. The Morgan fingerprint density at radius 2 is 2.00 bits per heavy atom. The molecule has 0 saturated carbocycles. The van der Waals surface area contributed by atoms with Crippen molar-refractivity contribution in [2.24, 2.45) is 0 Å². The Morgan fingerprint density at radius 1 is 1.28 bits per heavy atom. The number of ether oxygens (including phenoxy) is 1. The summed E-state index contributed by atoms with van der Waals surface area (Å²) in [6, 6.07) is 7.63. The molecule has 0 spiro atoms. The van der Waals surface area contributed by atoms with Gasteiger partial charge in [-0.1, -0.05) is 18.2 Å². The van der Waals surface area contributed by atoms with Gasteiger partial charge in [0.05, 0.1) is 12.0 Å². The van der Waals surface area contributed by atoms with Crippen LogP contribution in [0, 0.1) is 0 Å². The van der Waals surface area contributed by atoms with Crippen LogP contribution in [0.3, 0.4) is 0 Å². The van der Waals surface area contributed by atoms with Gasteiger partial charge in [-0.2, -0.15) is 13.2 Å². The minimum Gasteiger partial charge on any atom is -0.370 e. The molecule has 0 saturated heterocycles. The van der Waals surface area contributed by atoms with Gasteiger partial charge >= 0.3 is 6.18 Å². The molecule has 2 aromatic rings. The number of benzene rings is 1. The first-order valence-corrected chi connectivity index (χ1v) is 6.53. The molecule has 1 atom stereocenters. The average molecular weight is 295 g/mol. The highest BCUT2D eigenvalue weighted by Gasteiger charge is 2.28. The van der Waals surface area contributed by atoms with E-state index in [0.29, 0.717) is 0 Å². The zero-order valence-corrected chi connectivity index (χ0v) is 10.8. The van der Waals surface area contributed by atoms with E-state index in [9.17, 15) is 13.2 Å². The third-order valence-electron chi connectivity index (χ3n) is 2.38. The summed E-state index contributed by atoms with van der Waals surface area (Å²) < 4.78 is 41.5. The van der Waals surface area contributed by atoms with E-state index in [0.717, 1.165) is 15.6 Å². The fourth-order valence-corrected chi connectivity index (χ4v) is 2.97. The molecule has 1 nitrogen and oxygen atoms in total. The monoisotopic (exact) mass is 294 g/mol. The fraction of sp³-hybridized carbons (Fsp3) is 0.333. The Hall–Kier alpha value is -0.780. The zero-order valence-electron chi connectivity index (χ0n) is 9.21. The van der Waals surface area contributed by atoms with Crippen LogP contribution in [0.15, 0.2) is 29.6 Å². The predicted molar refractivity (Wildman–Crippen MR) is 67.3 cm³/mol. The Balaban J connectivity index is 2.03. The van der Waals surface area contributed by atoms with E-state index in [1.807, 2.05) is 29.6 Å². The Bertz CT molecular complexity index is 523. The molecule has 0 bridgehead atoms. The molecular weight excluding hydrogens is 285 g/mol. The molecule has 98 valence electrons. The number of halogens is 4. The van der Waals surface area contributed by atoms with Crippen molar-refractivity contribution in [1.82, 2.24) is 0 Å². The number of hydrogen-bond acceptors (Lipinski definition) is 2. The number of rotatable bonds is 4. The Kier molecular flexibility index (Phi) is 4.14. The first-order valence-electron chi connectivity index (χ1n) is 5.22. The molecular formula is C12H10ClF3OS. The van der Waals surface area contributed by atoms with Crippen LogP contribution in [-0.4, -0.2) is 19.4 Å². The summed E-state index contributed by atoms with van der Waals surface area (Å²) in [6.07, 6.45) is -4.31. The van der Waals surface area contributed by atoms with E-state index >= 15 is 0 Å². The SMILES string of the molecule is FC(F)(F)COCC(Cl)c1csc2ccccc12. The number of hydrogen-bond donors (Lipinski definition) is 0. The number of fused-ring (bicyclic) bond motifs is 1. The van der Waals surface area contributed by atoms with Crippen LogP contribution in [0.1, 0.15) is 10.9 Å². The molecule has 0 aliphatic carbocycles. The van der Waals surface area contributed by atoms with Gasteiger partial charge in [0.1, 0.15) is 6.61 Å². The molecule has 1 aromatic carbocycles. The van der Waals surface area contributed by atoms with Gasteiger partial charge in [0, 0.05) is 4.70 Å². The van der Waals surface area contributed by atoms with Crippen molar-refractivity contribution < 1.29 is 17.9 Å². The van der Waals surface area contributed by atoms with E-state index in [2.05, 4.69) is 4.74 Å². The highest BCUT2D eigenvalue weighted by Crippen LogP contribution is 2.33. The standard InChI is InChI=1S/C12H10ClF3OS/c13-10(5-17-7-12(14,15)16)9-6-18-11-4-2-1-3-8(9)11/h1-4,6,10H,5,7H2. The van der Waals surface area contributed by atoms with Gasteiger partial charge in [-0.3, -0.25) is 0 Å². The third kappa shape index (κ3) is 3.37. The molecule has 0 fully saturated rings. The molecule has 1 unspecified atom stereocenters. The topological polar surface area (TPSA) is 9.23 Å². The lowest BCUT2D eigenvalue weighted by atomic mass is 10.1. The summed E-state index contributed by atoms with van der Waals surface area (Å²) in [5.41, 5.74) is 0.819. The van der Waals surface area contributed by atoms with Crippen LogP contribution in [0.2, 0.25) is 0 Å². The first kappa shape index (κ1) is 13.6. The highest BCUT2D eigenvalue weighted by molar-refractivity contribution is 7.17. The molecule has 0 aliphatic rings. The van der Waals surface area contributed by atoms with Crippen molar-refractivity contribution >= 4 is 33.0 Å². The molecule has 0 radical (unpaired) electrons. The van der Waals surface area contributed by atoms with Crippen LogP contribution >= 0.6 is 22.9 Å². The molecule has 0 aliphatic heterocycles. The highest BCUT2D eigenvalue weighted by atomic mass is 35.5. The van der Waals surface area contributed by atoms with Gasteiger partial charge in [0.2, 0.25) is 0 Å². The second-order valence-electron chi connectivity index (χ2n) is 3.79. The lowest BCUT2D eigenvalue weighted by Crippen LogP contribution is -2.18. The van der Waals surface area contributed by atoms with Crippen molar-refractivity contribution in [3.63, 3.8) is 0 Å². The zero-order chi connectivity index (χ0) is 13.2. The van der Waals surface area contributed by atoms with Crippen molar-refractivity contribution in [3.8, 4) is 0 Å². The van der Waals surface area contributed by atoms with Crippen molar-refractivity contribution in [1.29, 1.82) is 0 Å². The number of thiophene rings is 1. The normalized spacial score (nSPS) is 14.0. The quantitative estimate of drug-likeness (QED) is 0.739. The molecule has 1 aromatic heterocycles. The van der Waals surface area contributed by atoms with E-state index in [4.69, 9.17) is 11.6 Å². The smallest absolute Gasteiger partial charge is 0.370 e. The Morgan fingerprint density at radius 3 is 2.72 bits per heavy atom. The van der Waals surface area contributed by atoms with Crippen LogP contribution in [0.25, 0.3) is 10.1 Å². The summed E-state index contributed by atoms with van der Waals surface area (Å²) in [4.78, 5) is 0. The minimum atomic E-state index is -4.31. The third-order valence-corrected chi connectivity index (χ3v) is 3.72. The number of alkyl halides is 4. The summed E-state index contributed by atoms with van der Waals surface area (Å²) in [6.45, 7) is -1.42. The molecule has 0 N–H and O–H groups in total. The van der Waals surface area contributed by atoms with Crippen molar-refractivity contribution in [3.05, 3.63) is 35.2 Å². The molecule has 1 heterocycles. The summed E-state index contributed by atoms with van der Waals surface area (Å²) >= 11 is 7.59. The van der Waals surface area contributed by atoms with Crippen LogP contribution < -0.4 is 0 Å². The fourth-order valence-electron chi connectivity index (χ4n) is 1.61. The summed E-state index contributed by atoms with van der Waals surface area (Å²) in [7, 11) is 0. The van der Waals surface area contributed by atoms with Crippen molar-refractivity contribution in [2.75, 3.05) is 13.2 Å². The largest absolute Gasteiger partial charge is 0.411 e. The van der Waals surface area contributed by atoms with Crippen LogP contribution in [0.5, 0.6) is 0 Å². The van der Waals surface area contributed by atoms with Crippen LogP contribution in [0.4, 0.5) is 13.2 Å². The molecule has 0 amide bonds. The van der Waals surface area contributed by atoms with E-state index in [1.54, 1.807) is 0 Å². The molecule has 2 rings (SSSR count). The lowest BCUT2D eigenvalue weighted by molar-refractivity contribution is -0.173. The second-order valence-corrected chi connectivity index (χ2v) is 5.22. The van der Waals surface area contributed by atoms with E-state index in [1.165, 1.54) is 11.3 Å². The van der Waals surface area contributed by atoms with E-state index in [-0.39, 0.29) is 6.61 Å². The van der Waals surface area contributed by atoms with Gasteiger partial charge in [0.25, 0.3) is 0 Å². The first-order chi connectivity index (χ1) is 8.47. The van der Waals surface area contributed by atoms with Crippen LogP contribution in [-0.2, 0) is 4.74 Å². The summed E-state index contributed by atoms with van der Waals surface area (Å²) in [5, 5.41) is 2.26. The lowest BCUT2D eigenvalue weighted by Gasteiger charge is -2.11. The van der Waals surface area contributed by atoms with Gasteiger partial charge in [-0.15, -0.1) is 22.9 Å². The van der Waals surface area contributed by atoms with Gasteiger partial charge in [-0.25, -0.2) is 0 Å². The average Bonchev–Trinajstić information content (AvgIpc) is 2.70. The Labute approximate surface area is 111 Å². The maximum Gasteiger partial charge on any atom is 0.411 e. The van der Waals surface area contributed by atoms with Gasteiger partial charge < -0.3 is 4.74 Å². The van der Waals surface area contributed by atoms with E-state index < -0.39 is 18.2 Å². The maximum atomic E-state index is 11.9. The maximum absolute atomic E-state index is 11.9. The second kappa shape index (κ2) is 5.47. The van der Waals surface area contributed by atoms with Crippen molar-refractivity contribution in [2.45, 2.75) is 11.6 Å². The van der Waals surface area contributed by atoms with Gasteiger partial charge in [0.15, 0.2) is 0 Å². The summed E-state index contributed by atoms with van der Waals surface area (Å²) in [5.74, 6) is 0. The van der Waals surface area contributed by atoms with Gasteiger partial charge in [-0.05, 0) is 22.4 Å². The molecule has 18 heavy (non-hydrogen) atoms. The minimum absolute atomic E-state index is 0.151. The molecule has 6 heteroatoms.